The van der Waals surface area contributed by atoms with Crippen molar-refractivity contribution >= 4 is 16.8 Å². The number of carboxylic acids is 1. The summed E-state index contributed by atoms with van der Waals surface area (Å²) in [6.07, 6.45) is 0.978. The van der Waals surface area contributed by atoms with Crippen molar-refractivity contribution in [2.24, 2.45) is 5.92 Å². The van der Waals surface area contributed by atoms with E-state index >= 15 is 0 Å². The molecule has 0 amide bonds. The second kappa shape index (κ2) is 7.94. The van der Waals surface area contributed by atoms with Crippen LogP contribution in [0.4, 0.5) is 0 Å². The fraction of sp³-hybridized carbons (Fsp3) is 0.889. The number of carbonyl (C=O) groups is 1. The van der Waals surface area contributed by atoms with Gasteiger partial charge < -0.3 is 9.84 Å². The Bertz CT molecular complexity index is 191. The lowest BCUT2D eigenvalue weighted by molar-refractivity contribution is -0.133. The zero-order chi connectivity index (χ0) is 11.0. The van der Waals surface area contributed by atoms with Gasteiger partial charge in [-0.05, 0) is 12.3 Å². The van der Waals surface area contributed by atoms with Crippen LogP contribution in [0.3, 0.4) is 0 Å². The van der Waals surface area contributed by atoms with Gasteiger partial charge >= 0.3 is 5.97 Å². The lowest BCUT2D eigenvalue weighted by Gasteiger charge is -2.05. The number of hydrogen-bond donors (Lipinski definition) is 1. The molecule has 0 aromatic rings. The van der Waals surface area contributed by atoms with E-state index in [1.54, 1.807) is 0 Å². The Kier molecular flexibility index (Phi) is 7.70. The normalized spacial score (nSPS) is 13.1. The zero-order valence-corrected chi connectivity index (χ0v) is 9.51. The average molecular weight is 222 g/mol. The Balaban J connectivity index is 3.27. The summed E-state index contributed by atoms with van der Waals surface area (Å²) in [5.74, 6) is -0.400. The highest BCUT2D eigenvalue weighted by Gasteiger charge is 2.05. The fourth-order valence-corrected chi connectivity index (χ4v) is 1.51. The zero-order valence-electron chi connectivity index (χ0n) is 8.69. The molecule has 1 unspecified atom stereocenters. The lowest BCUT2D eigenvalue weighted by atomic mass is 10.1. The summed E-state index contributed by atoms with van der Waals surface area (Å²) < 4.78 is 16.2. The van der Waals surface area contributed by atoms with E-state index in [1.165, 1.54) is 0 Å². The van der Waals surface area contributed by atoms with E-state index in [2.05, 4.69) is 13.8 Å². The van der Waals surface area contributed by atoms with E-state index < -0.39 is 16.8 Å². The molecule has 1 N–H and O–H groups in total. The van der Waals surface area contributed by atoms with E-state index in [9.17, 15) is 9.00 Å². The van der Waals surface area contributed by atoms with Crippen LogP contribution in [0.25, 0.3) is 0 Å². The molecule has 0 rings (SSSR count). The number of carboxylic acid groups (broad SMARTS) is 1. The first-order valence-corrected chi connectivity index (χ1v) is 6.15. The predicted octanol–water partition coefficient (Wildman–Crippen LogP) is 0.882. The van der Waals surface area contributed by atoms with E-state index in [4.69, 9.17) is 9.84 Å². The molecule has 14 heavy (non-hydrogen) atoms. The lowest BCUT2D eigenvalue weighted by Crippen LogP contribution is -2.15. The Morgan fingerprint density at radius 2 is 2.07 bits per heavy atom. The van der Waals surface area contributed by atoms with Crippen LogP contribution in [0.2, 0.25) is 0 Å². The molecule has 84 valence electrons. The van der Waals surface area contributed by atoms with Crippen molar-refractivity contribution < 1.29 is 18.8 Å². The summed E-state index contributed by atoms with van der Waals surface area (Å²) in [6, 6.07) is 0. The number of ether oxygens (including phenoxy) is 1. The van der Waals surface area contributed by atoms with E-state index in [0.29, 0.717) is 24.9 Å². The maximum atomic E-state index is 11.0. The SMILES string of the molecule is CC(C)CCOCCS(=O)CC(=O)O. The monoisotopic (exact) mass is 222 g/mol. The Labute approximate surface area is 87.1 Å². The predicted molar refractivity (Wildman–Crippen MR) is 55.8 cm³/mol. The van der Waals surface area contributed by atoms with Gasteiger partial charge in [0.15, 0.2) is 0 Å². The summed E-state index contributed by atoms with van der Waals surface area (Å²) in [5, 5.41) is 8.33. The van der Waals surface area contributed by atoms with Gasteiger partial charge in [-0.25, -0.2) is 0 Å². The molecule has 0 saturated heterocycles. The number of aliphatic carboxylic acids is 1. The summed E-state index contributed by atoms with van der Waals surface area (Å²) in [7, 11) is -1.29. The highest BCUT2D eigenvalue weighted by atomic mass is 32.2. The summed E-state index contributed by atoms with van der Waals surface area (Å²) in [6.45, 7) is 5.24. The fourth-order valence-electron chi connectivity index (χ4n) is 0.783. The maximum Gasteiger partial charge on any atom is 0.316 e. The largest absolute Gasteiger partial charge is 0.481 e. The molecule has 0 heterocycles. The summed E-state index contributed by atoms with van der Waals surface area (Å²) in [4.78, 5) is 10.2. The highest BCUT2D eigenvalue weighted by molar-refractivity contribution is 7.85. The molecule has 0 aromatic carbocycles. The molecule has 0 spiro atoms. The molecule has 1 atom stereocenters. The van der Waals surface area contributed by atoms with Crippen molar-refractivity contribution in [2.75, 3.05) is 24.7 Å². The van der Waals surface area contributed by atoms with Crippen molar-refractivity contribution in [3.8, 4) is 0 Å². The van der Waals surface area contributed by atoms with Gasteiger partial charge in [0.05, 0.1) is 6.61 Å². The Morgan fingerprint density at radius 1 is 1.43 bits per heavy atom. The second-order valence-electron chi connectivity index (χ2n) is 3.48. The van der Waals surface area contributed by atoms with Gasteiger partial charge in [0.1, 0.15) is 5.75 Å². The van der Waals surface area contributed by atoms with E-state index in [0.717, 1.165) is 6.42 Å². The third-order valence-electron chi connectivity index (χ3n) is 1.58. The minimum absolute atomic E-state index is 0.284. The first kappa shape index (κ1) is 13.6. The minimum atomic E-state index is -1.29. The van der Waals surface area contributed by atoms with Crippen LogP contribution in [0.15, 0.2) is 0 Å². The van der Waals surface area contributed by atoms with E-state index in [1.807, 2.05) is 0 Å². The molecule has 0 radical (unpaired) electrons. The summed E-state index contributed by atoms with van der Waals surface area (Å²) >= 11 is 0. The first-order chi connectivity index (χ1) is 6.52. The van der Waals surface area contributed by atoms with Gasteiger partial charge in [-0.2, -0.15) is 0 Å². The van der Waals surface area contributed by atoms with Gasteiger partial charge in [-0.1, -0.05) is 13.8 Å². The third kappa shape index (κ3) is 9.67. The van der Waals surface area contributed by atoms with Gasteiger partial charge in [0.2, 0.25) is 0 Å². The summed E-state index contributed by atoms with van der Waals surface area (Å²) in [5.41, 5.74) is 0. The van der Waals surface area contributed by atoms with E-state index in [-0.39, 0.29) is 5.75 Å². The minimum Gasteiger partial charge on any atom is -0.481 e. The molecular weight excluding hydrogens is 204 g/mol. The van der Waals surface area contributed by atoms with Gasteiger partial charge in [-0.3, -0.25) is 9.00 Å². The molecule has 0 aliphatic rings. The van der Waals surface area contributed by atoms with Gasteiger partial charge in [-0.15, -0.1) is 0 Å². The van der Waals surface area contributed by atoms with Crippen LogP contribution in [-0.2, 0) is 20.3 Å². The maximum absolute atomic E-state index is 11.0. The van der Waals surface area contributed by atoms with Crippen LogP contribution in [0.5, 0.6) is 0 Å². The van der Waals surface area contributed by atoms with Crippen LogP contribution in [-0.4, -0.2) is 40.0 Å². The van der Waals surface area contributed by atoms with Crippen LogP contribution >= 0.6 is 0 Å². The molecular formula is C9H18O4S. The molecule has 5 heteroatoms. The Morgan fingerprint density at radius 3 is 2.57 bits per heavy atom. The Hall–Kier alpha value is -0.420. The quantitative estimate of drug-likeness (QED) is 0.619. The van der Waals surface area contributed by atoms with Crippen molar-refractivity contribution in [3.63, 3.8) is 0 Å². The van der Waals surface area contributed by atoms with Crippen LogP contribution in [0, 0.1) is 5.92 Å². The molecule has 0 aliphatic heterocycles. The number of hydrogen-bond acceptors (Lipinski definition) is 3. The standard InChI is InChI=1S/C9H18O4S/c1-8(2)3-4-13-5-6-14(12)7-9(10)11/h8H,3-7H2,1-2H3,(H,10,11). The van der Waals surface area contributed by atoms with Crippen molar-refractivity contribution in [1.29, 1.82) is 0 Å². The molecule has 0 aromatic heterocycles. The molecule has 0 fully saturated rings. The average Bonchev–Trinajstić information content (AvgIpc) is 2.01. The molecule has 4 nitrogen and oxygen atoms in total. The van der Waals surface area contributed by atoms with Crippen LogP contribution < -0.4 is 0 Å². The number of rotatable bonds is 8. The van der Waals surface area contributed by atoms with Gasteiger partial charge in [0, 0.05) is 23.2 Å². The third-order valence-corrected chi connectivity index (χ3v) is 2.77. The van der Waals surface area contributed by atoms with Crippen molar-refractivity contribution in [2.45, 2.75) is 20.3 Å². The second-order valence-corrected chi connectivity index (χ2v) is 5.05. The van der Waals surface area contributed by atoms with Crippen LogP contribution in [0.1, 0.15) is 20.3 Å². The molecule has 0 saturated carbocycles. The van der Waals surface area contributed by atoms with Crippen molar-refractivity contribution in [3.05, 3.63) is 0 Å². The van der Waals surface area contributed by atoms with Crippen molar-refractivity contribution in [1.82, 2.24) is 0 Å². The topological polar surface area (TPSA) is 63.6 Å². The smallest absolute Gasteiger partial charge is 0.316 e. The first-order valence-electron chi connectivity index (χ1n) is 4.67. The molecule has 0 bridgehead atoms. The highest BCUT2D eigenvalue weighted by Crippen LogP contribution is 1.98. The molecule has 0 aliphatic carbocycles. The van der Waals surface area contributed by atoms with Gasteiger partial charge in [0.25, 0.3) is 0 Å².